The van der Waals surface area contributed by atoms with Gasteiger partial charge in [0.15, 0.2) is 5.78 Å². The maximum Gasteiger partial charge on any atom is 0.262 e. The number of pyridine rings is 3. The second-order valence-corrected chi connectivity index (χ2v) is 8.81. The third kappa shape index (κ3) is 6.36. The number of fused-ring (bicyclic) bond motifs is 1. The standard InChI is InChI=1S/C24H31N5O4/c1-24(2,3)28-22-21-17(8-10-29(11-12-30)23(21)32)15-20(27-22)26-19-14-16(7-9-25-19)18(31)6-5-13-33-4/h7-10,14-15,30H,5-6,11-13H2,1-4H3,(H2,25,26,27,28). The zero-order valence-corrected chi connectivity index (χ0v) is 19.5. The minimum Gasteiger partial charge on any atom is -0.395 e. The smallest absolute Gasteiger partial charge is 0.262 e. The van der Waals surface area contributed by atoms with Gasteiger partial charge in [0.1, 0.15) is 17.5 Å². The van der Waals surface area contributed by atoms with E-state index >= 15 is 0 Å². The number of Topliss-reactive ketones (excluding diaryl/α,β-unsaturated/α-hetero) is 1. The van der Waals surface area contributed by atoms with E-state index in [0.717, 1.165) is 0 Å². The Balaban J connectivity index is 1.97. The molecule has 3 N–H and O–H groups in total. The summed E-state index contributed by atoms with van der Waals surface area (Å²) in [4.78, 5) is 34.4. The van der Waals surface area contributed by atoms with Gasteiger partial charge >= 0.3 is 0 Å². The third-order valence-electron chi connectivity index (χ3n) is 4.88. The summed E-state index contributed by atoms with van der Waals surface area (Å²) in [5, 5.41) is 16.9. The fourth-order valence-corrected chi connectivity index (χ4v) is 3.42. The van der Waals surface area contributed by atoms with Gasteiger partial charge in [-0.15, -0.1) is 0 Å². The lowest BCUT2D eigenvalue weighted by atomic mass is 10.1. The van der Waals surface area contributed by atoms with Crippen LogP contribution >= 0.6 is 0 Å². The van der Waals surface area contributed by atoms with E-state index in [4.69, 9.17) is 4.74 Å². The number of hydrogen-bond donors (Lipinski definition) is 3. The Kier molecular flexibility index (Phi) is 7.78. The minimum absolute atomic E-state index is 0.0171. The van der Waals surface area contributed by atoms with Crippen LogP contribution in [-0.4, -0.2) is 51.3 Å². The Morgan fingerprint density at radius 2 is 2.00 bits per heavy atom. The highest BCUT2D eigenvalue weighted by atomic mass is 16.5. The molecule has 0 saturated carbocycles. The van der Waals surface area contributed by atoms with E-state index in [-0.39, 0.29) is 30.0 Å². The number of rotatable bonds is 10. The van der Waals surface area contributed by atoms with E-state index in [0.29, 0.717) is 53.2 Å². The van der Waals surface area contributed by atoms with Crippen LogP contribution in [0.4, 0.5) is 17.5 Å². The summed E-state index contributed by atoms with van der Waals surface area (Å²) in [5.74, 6) is 1.43. The maximum absolute atomic E-state index is 13.0. The molecule has 9 nitrogen and oxygen atoms in total. The van der Waals surface area contributed by atoms with Crippen LogP contribution in [0, 0.1) is 0 Å². The van der Waals surface area contributed by atoms with Gasteiger partial charge in [-0.3, -0.25) is 9.59 Å². The highest BCUT2D eigenvalue weighted by Gasteiger charge is 2.17. The molecule has 0 atom stereocenters. The van der Waals surface area contributed by atoms with Crippen LogP contribution < -0.4 is 16.2 Å². The predicted molar refractivity (Wildman–Crippen MR) is 129 cm³/mol. The number of aliphatic hydroxyl groups excluding tert-OH is 1. The Bertz CT molecular complexity index is 1180. The number of ketones is 1. The van der Waals surface area contributed by atoms with E-state index in [1.165, 1.54) is 4.57 Å². The molecule has 0 radical (unpaired) electrons. The number of nitrogens with one attached hydrogen (secondary N) is 2. The second kappa shape index (κ2) is 10.5. The quantitative estimate of drug-likeness (QED) is 0.316. The molecule has 0 amide bonds. The number of aromatic nitrogens is 3. The molecule has 0 saturated heterocycles. The Morgan fingerprint density at radius 1 is 1.21 bits per heavy atom. The summed E-state index contributed by atoms with van der Waals surface area (Å²) < 4.78 is 6.48. The molecule has 3 heterocycles. The average Bonchev–Trinajstić information content (AvgIpc) is 2.75. The van der Waals surface area contributed by atoms with Crippen molar-refractivity contribution in [2.75, 3.05) is 31.0 Å². The minimum atomic E-state index is -0.338. The molecular weight excluding hydrogens is 422 g/mol. The number of methoxy groups -OCH3 is 1. The number of carbonyl (C=O) groups is 1. The second-order valence-electron chi connectivity index (χ2n) is 8.81. The van der Waals surface area contributed by atoms with E-state index in [9.17, 15) is 14.7 Å². The highest BCUT2D eigenvalue weighted by molar-refractivity contribution is 5.97. The molecule has 0 spiro atoms. The molecular formula is C24H31N5O4. The zero-order valence-electron chi connectivity index (χ0n) is 19.5. The van der Waals surface area contributed by atoms with Crippen LogP contribution in [-0.2, 0) is 11.3 Å². The van der Waals surface area contributed by atoms with Crippen LogP contribution in [0.25, 0.3) is 10.8 Å². The summed E-state index contributed by atoms with van der Waals surface area (Å²) in [6.45, 7) is 6.56. The molecule has 176 valence electrons. The Labute approximate surface area is 192 Å². The Hall–Kier alpha value is -3.30. The number of ether oxygens (including phenoxy) is 1. The van der Waals surface area contributed by atoms with E-state index in [2.05, 4.69) is 20.6 Å². The molecule has 3 aromatic heterocycles. The first-order chi connectivity index (χ1) is 15.7. The van der Waals surface area contributed by atoms with Crippen molar-refractivity contribution >= 4 is 34.0 Å². The number of hydrogen-bond acceptors (Lipinski definition) is 8. The summed E-state index contributed by atoms with van der Waals surface area (Å²) in [6, 6.07) is 6.96. The van der Waals surface area contributed by atoms with Crippen molar-refractivity contribution < 1.29 is 14.6 Å². The lowest BCUT2D eigenvalue weighted by Gasteiger charge is -2.23. The largest absolute Gasteiger partial charge is 0.395 e. The third-order valence-corrected chi connectivity index (χ3v) is 4.88. The SMILES string of the molecule is COCCCC(=O)c1ccnc(Nc2cc3ccn(CCO)c(=O)c3c(NC(C)(C)C)n2)c1. The van der Waals surface area contributed by atoms with Gasteiger partial charge in [-0.25, -0.2) is 9.97 Å². The average molecular weight is 454 g/mol. The van der Waals surface area contributed by atoms with E-state index in [1.807, 2.05) is 26.8 Å². The highest BCUT2D eigenvalue weighted by Crippen LogP contribution is 2.26. The summed E-state index contributed by atoms with van der Waals surface area (Å²) in [6.07, 6.45) is 4.28. The summed E-state index contributed by atoms with van der Waals surface area (Å²) in [5.41, 5.74) is -0.00597. The number of anilines is 3. The molecule has 3 aromatic rings. The fourth-order valence-electron chi connectivity index (χ4n) is 3.42. The zero-order chi connectivity index (χ0) is 24.0. The molecule has 0 aliphatic rings. The van der Waals surface area contributed by atoms with Crippen molar-refractivity contribution in [1.29, 1.82) is 0 Å². The van der Waals surface area contributed by atoms with Gasteiger partial charge in [0.05, 0.1) is 12.0 Å². The lowest BCUT2D eigenvalue weighted by molar-refractivity contribution is 0.0963. The van der Waals surface area contributed by atoms with Gasteiger partial charge in [-0.2, -0.15) is 0 Å². The van der Waals surface area contributed by atoms with Crippen molar-refractivity contribution in [2.24, 2.45) is 0 Å². The van der Waals surface area contributed by atoms with Crippen LogP contribution in [0.1, 0.15) is 44.0 Å². The Morgan fingerprint density at radius 3 is 2.70 bits per heavy atom. The predicted octanol–water partition coefficient (Wildman–Crippen LogP) is 3.35. The molecule has 9 heteroatoms. The van der Waals surface area contributed by atoms with Crippen molar-refractivity contribution in [3.8, 4) is 0 Å². The van der Waals surface area contributed by atoms with Crippen molar-refractivity contribution in [2.45, 2.75) is 45.7 Å². The monoisotopic (exact) mass is 453 g/mol. The van der Waals surface area contributed by atoms with Crippen molar-refractivity contribution in [3.05, 3.63) is 52.6 Å². The molecule has 0 unspecified atom stereocenters. The first-order valence-corrected chi connectivity index (χ1v) is 10.9. The van der Waals surface area contributed by atoms with Gasteiger partial charge in [-0.1, -0.05) is 0 Å². The normalized spacial score (nSPS) is 11.5. The van der Waals surface area contributed by atoms with Crippen LogP contribution in [0.15, 0.2) is 41.5 Å². The lowest BCUT2D eigenvalue weighted by Crippen LogP contribution is -2.29. The van der Waals surface area contributed by atoms with Crippen LogP contribution in [0.2, 0.25) is 0 Å². The van der Waals surface area contributed by atoms with E-state index in [1.54, 1.807) is 37.7 Å². The first kappa shape index (κ1) is 24.3. The molecule has 0 fully saturated rings. The van der Waals surface area contributed by atoms with E-state index < -0.39 is 0 Å². The molecule has 0 aliphatic heterocycles. The topological polar surface area (TPSA) is 118 Å². The number of nitrogens with zero attached hydrogens (tertiary/aromatic N) is 3. The van der Waals surface area contributed by atoms with Crippen molar-refractivity contribution in [1.82, 2.24) is 14.5 Å². The summed E-state index contributed by atoms with van der Waals surface area (Å²) >= 11 is 0. The number of carbonyl (C=O) groups excluding carboxylic acids is 1. The molecule has 3 rings (SSSR count). The van der Waals surface area contributed by atoms with Gasteiger partial charge in [0.25, 0.3) is 5.56 Å². The fraction of sp³-hybridized carbons (Fsp3) is 0.417. The molecule has 0 bridgehead atoms. The van der Waals surface area contributed by atoms with Gasteiger partial charge in [0.2, 0.25) is 0 Å². The number of aliphatic hydroxyl groups is 1. The first-order valence-electron chi connectivity index (χ1n) is 10.9. The molecule has 33 heavy (non-hydrogen) atoms. The van der Waals surface area contributed by atoms with Crippen LogP contribution in [0.3, 0.4) is 0 Å². The summed E-state index contributed by atoms with van der Waals surface area (Å²) in [7, 11) is 1.61. The molecule has 0 aliphatic carbocycles. The van der Waals surface area contributed by atoms with Gasteiger partial charge < -0.3 is 25.0 Å². The van der Waals surface area contributed by atoms with Gasteiger partial charge in [-0.05, 0) is 56.8 Å². The molecule has 0 aromatic carbocycles. The van der Waals surface area contributed by atoms with Gasteiger partial charge in [0, 0.05) is 50.2 Å². The van der Waals surface area contributed by atoms with Crippen molar-refractivity contribution in [3.63, 3.8) is 0 Å². The van der Waals surface area contributed by atoms with Crippen LogP contribution in [0.5, 0.6) is 0 Å². The maximum atomic E-state index is 13.0.